The first kappa shape index (κ1) is 33.1. The molecule has 0 aromatic heterocycles. The van der Waals surface area contributed by atoms with Crippen LogP contribution in [0.1, 0.15) is 47.0 Å². The van der Waals surface area contributed by atoms with E-state index in [1.54, 1.807) is 0 Å². The minimum Gasteiger partial charge on any atom is -0.491 e. The van der Waals surface area contributed by atoms with E-state index in [1.165, 1.54) is 19.3 Å². The van der Waals surface area contributed by atoms with E-state index in [-0.39, 0.29) is 0 Å². The van der Waals surface area contributed by atoms with Crippen LogP contribution < -0.4 is 14.2 Å². The quantitative estimate of drug-likeness (QED) is 0.228. The summed E-state index contributed by atoms with van der Waals surface area (Å²) in [5.41, 5.74) is 0. The zero-order chi connectivity index (χ0) is 28.7. The topological polar surface area (TPSA) is 65.3 Å². The van der Waals surface area contributed by atoms with Crippen LogP contribution in [0.5, 0.6) is 17.2 Å². The number of para-hydroxylation sites is 3. The van der Waals surface area contributed by atoms with Gasteiger partial charge < -0.3 is 28.4 Å². The third kappa shape index (κ3) is 18.3. The van der Waals surface area contributed by atoms with Gasteiger partial charge in [0.2, 0.25) is 0 Å². The van der Waals surface area contributed by atoms with Gasteiger partial charge >= 0.3 is 0 Å². The maximum atomic E-state index is 5.40. The largest absolute Gasteiger partial charge is 0.491 e. The Balaban J connectivity index is 0.000000189. The minimum atomic E-state index is 0.343. The van der Waals surface area contributed by atoms with Crippen LogP contribution in [0.3, 0.4) is 0 Å². The maximum absolute atomic E-state index is 5.40. The Labute approximate surface area is 241 Å². The molecule has 6 heteroatoms. The molecule has 3 atom stereocenters. The lowest BCUT2D eigenvalue weighted by Gasteiger charge is -2.01. The second-order valence-corrected chi connectivity index (χ2v) is 9.09. The van der Waals surface area contributed by atoms with Crippen LogP contribution >= 0.6 is 0 Å². The summed E-state index contributed by atoms with van der Waals surface area (Å²) in [5, 5.41) is 0. The van der Waals surface area contributed by atoms with Gasteiger partial charge in [-0.2, -0.15) is 0 Å². The molecule has 0 aliphatic carbocycles. The van der Waals surface area contributed by atoms with Crippen LogP contribution in [0.2, 0.25) is 0 Å². The van der Waals surface area contributed by atoms with Gasteiger partial charge in [0.25, 0.3) is 0 Å². The van der Waals surface area contributed by atoms with Gasteiger partial charge in [0.15, 0.2) is 0 Å². The number of unbranched alkanes of at least 4 members (excludes halogenated alkanes) is 2. The molecule has 6 nitrogen and oxygen atoms in total. The number of rotatable bonds is 11. The van der Waals surface area contributed by atoms with Crippen LogP contribution in [0.15, 0.2) is 91.0 Å². The summed E-state index contributed by atoms with van der Waals surface area (Å²) in [4.78, 5) is 0. The minimum absolute atomic E-state index is 0.343. The predicted molar refractivity (Wildman–Crippen MR) is 162 cm³/mol. The highest BCUT2D eigenvalue weighted by Gasteiger charge is 2.24. The van der Waals surface area contributed by atoms with Crippen LogP contribution in [0.25, 0.3) is 0 Å². The van der Waals surface area contributed by atoms with Gasteiger partial charge in [0, 0.05) is 0 Å². The van der Waals surface area contributed by atoms with Gasteiger partial charge in [-0.1, -0.05) is 102 Å². The molecule has 40 heavy (non-hydrogen) atoms. The van der Waals surface area contributed by atoms with Crippen LogP contribution in [0.4, 0.5) is 0 Å². The molecule has 3 unspecified atom stereocenters. The maximum Gasteiger partial charge on any atom is 0.119 e. The van der Waals surface area contributed by atoms with Crippen molar-refractivity contribution in [1.82, 2.24) is 0 Å². The Hall–Kier alpha value is -3.06. The molecular weight excluding hydrogens is 504 g/mol. The van der Waals surface area contributed by atoms with E-state index in [9.17, 15) is 0 Å². The van der Waals surface area contributed by atoms with E-state index in [2.05, 4.69) is 13.8 Å². The zero-order valence-corrected chi connectivity index (χ0v) is 24.7. The van der Waals surface area contributed by atoms with Crippen molar-refractivity contribution in [3.8, 4) is 17.2 Å². The molecule has 6 rings (SSSR count). The van der Waals surface area contributed by atoms with E-state index in [1.807, 2.05) is 105 Å². The lowest BCUT2D eigenvalue weighted by Crippen LogP contribution is -2.03. The smallest absolute Gasteiger partial charge is 0.119 e. The molecule has 3 aromatic carbocycles. The van der Waals surface area contributed by atoms with Crippen molar-refractivity contribution in [3.05, 3.63) is 91.0 Å². The Morgan fingerprint density at radius 1 is 0.500 bits per heavy atom. The van der Waals surface area contributed by atoms with Gasteiger partial charge in [-0.05, 0) is 36.4 Å². The lowest BCUT2D eigenvalue weighted by molar-refractivity contribution is 0.263. The summed E-state index contributed by atoms with van der Waals surface area (Å²) >= 11 is 0. The normalized spacial score (nSPS) is 18.8. The highest BCUT2D eigenvalue weighted by molar-refractivity contribution is 5.22. The average Bonchev–Trinajstić information content (AvgIpc) is 3.86. The molecule has 0 amide bonds. The Morgan fingerprint density at radius 3 is 0.925 bits per heavy atom. The predicted octanol–water partition coefficient (Wildman–Crippen LogP) is 7.62. The van der Waals surface area contributed by atoms with Crippen LogP contribution in [-0.4, -0.2) is 58.0 Å². The Morgan fingerprint density at radius 2 is 0.750 bits per heavy atom. The Bertz CT molecular complexity index is 818. The third-order valence-corrected chi connectivity index (χ3v) is 5.45. The molecule has 3 aliphatic heterocycles. The molecule has 0 saturated carbocycles. The number of hydrogen-bond acceptors (Lipinski definition) is 6. The number of benzene rings is 3. The molecule has 0 spiro atoms. The molecule has 3 saturated heterocycles. The van der Waals surface area contributed by atoms with Crippen molar-refractivity contribution >= 4 is 0 Å². The standard InChI is InChI=1S/3C9H10O2.C5H12.C2H6/c3*1-2-4-8(5-3-1)10-6-9-7-11-9;1-3-5-4-2;1-2/h3*1-5,9H,6-7H2;3-5H2,1-2H3;1-2H3. The molecule has 0 bridgehead atoms. The first-order chi connectivity index (χ1) is 19.8. The summed E-state index contributed by atoms with van der Waals surface area (Å²) in [6.07, 6.45) is 5.10. The van der Waals surface area contributed by atoms with E-state index in [0.717, 1.165) is 37.1 Å². The fourth-order valence-corrected chi connectivity index (χ4v) is 2.96. The molecule has 0 N–H and O–H groups in total. The zero-order valence-electron chi connectivity index (χ0n) is 24.7. The summed E-state index contributed by atoms with van der Waals surface area (Å²) in [5.74, 6) is 2.76. The number of hydrogen-bond donors (Lipinski definition) is 0. The van der Waals surface area contributed by atoms with E-state index in [0.29, 0.717) is 38.1 Å². The van der Waals surface area contributed by atoms with Gasteiger partial charge in [-0.25, -0.2) is 0 Å². The van der Waals surface area contributed by atoms with Crippen molar-refractivity contribution in [1.29, 1.82) is 0 Å². The summed E-state index contributed by atoms with van der Waals surface area (Å²) in [6.45, 7) is 13.0. The van der Waals surface area contributed by atoms with Gasteiger partial charge in [-0.15, -0.1) is 0 Å². The summed E-state index contributed by atoms with van der Waals surface area (Å²) < 4.78 is 31.2. The average molecular weight is 553 g/mol. The van der Waals surface area contributed by atoms with Crippen LogP contribution in [0, 0.1) is 0 Å². The highest BCUT2D eigenvalue weighted by atomic mass is 16.6. The monoisotopic (exact) mass is 552 g/mol. The van der Waals surface area contributed by atoms with Crippen molar-refractivity contribution < 1.29 is 28.4 Å². The second kappa shape index (κ2) is 21.7. The SMILES string of the molecule is CC.CCCCC.c1ccc(OCC2CO2)cc1.c1ccc(OCC2CO2)cc1.c1ccc(OCC2CO2)cc1. The molecule has 220 valence electrons. The molecule has 3 aromatic rings. The highest BCUT2D eigenvalue weighted by Crippen LogP contribution is 2.15. The summed E-state index contributed by atoms with van der Waals surface area (Å²) in [7, 11) is 0. The number of ether oxygens (including phenoxy) is 6. The van der Waals surface area contributed by atoms with E-state index < -0.39 is 0 Å². The van der Waals surface area contributed by atoms with Gasteiger partial charge in [0.05, 0.1) is 19.8 Å². The lowest BCUT2D eigenvalue weighted by atomic mass is 10.3. The molecule has 0 radical (unpaired) electrons. The van der Waals surface area contributed by atoms with Crippen LogP contribution in [-0.2, 0) is 14.2 Å². The fourth-order valence-electron chi connectivity index (χ4n) is 2.96. The molecular formula is C34H48O6. The summed E-state index contributed by atoms with van der Waals surface area (Å²) in [6, 6.07) is 29.4. The van der Waals surface area contributed by atoms with Gasteiger partial charge in [0.1, 0.15) is 55.4 Å². The van der Waals surface area contributed by atoms with Crippen molar-refractivity contribution in [2.24, 2.45) is 0 Å². The number of epoxide rings is 3. The molecule has 3 heterocycles. The first-order valence-corrected chi connectivity index (χ1v) is 14.6. The van der Waals surface area contributed by atoms with Gasteiger partial charge in [-0.3, -0.25) is 0 Å². The first-order valence-electron chi connectivity index (χ1n) is 14.6. The fraction of sp³-hybridized carbons (Fsp3) is 0.471. The van der Waals surface area contributed by atoms with Crippen molar-refractivity contribution in [2.45, 2.75) is 65.3 Å². The Kier molecular flexibility index (Phi) is 18.0. The third-order valence-electron chi connectivity index (χ3n) is 5.45. The molecule has 3 aliphatic rings. The van der Waals surface area contributed by atoms with Crippen molar-refractivity contribution in [3.63, 3.8) is 0 Å². The molecule has 3 fully saturated rings. The second-order valence-electron chi connectivity index (χ2n) is 9.09. The van der Waals surface area contributed by atoms with E-state index >= 15 is 0 Å². The van der Waals surface area contributed by atoms with E-state index in [4.69, 9.17) is 28.4 Å². The van der Waals surface area contributed by atoms with Crippen molar-refractivity contribution in [2.75, 3.05) is 39.6 Å².